The SMILES string of the molecule is CCN1C[C@@H](C(=O)NCCNc2cccc(F)c2C#N)CC1=O. The van der Waals surface area contributed by atoms with Crippen LogP contribution in [-0.4, -0.2) is 42.9 Å². The molecule has 1 saturated heterocycles. The van der Waals surface area contributed by atoms with E-state index in [4.69, 9.17) is 5.26 Å². The van der Waals surface area contributed by atoms with E-state index in [1.807, 2.05) is 6.92 Å². The highest BCUT2D eigenvalue weighted by atomic mass is 19.1. The lowest BCUT2D eigenvalue weighted by atomic mass is 10.1. The van der Waals surface area contributed by atoms with Crippen molar-refractivity contribution in [1.29, 1.82) is 5.26 Å². The largest absolute Gasteiger partial charge is 0.382 e. The highest BCUT2D eigenvalue weighted by Crippen LogP contribution is 2.18. The molecule has 1 atom stereocenters. The van der Waals surface area contributed by atoms with Crippen molar-refractivity contribution in [3.05, 3.63) is 29.6 Å². The molecule has 1 fully saturated rings. The number of nitriles is 1. The summed E-state index contributed by atoms with van der Waals surface area (Å²) < 4.78 is 13.4. The van der Waals surface area contributed by atoms with E-state index >= 15 is 0 Å². The zero-order valence-electron chi connectivity index (χ0n) is 12.9. The van der Waals surface area contributed by atoms with Crippen LogP contribution in [0.15, 0.2) is 18.2 Å². The van der Waals surface area contributed by atoms with E-state index in [0.29, 0.717) is 31.9 Å². The van der Waals surface area contributed by atoms with Crippen molar-refractivity contribution in [3.63, 3.8) is 0 Å². The number of carbonyl (C=O) groups excluding carboxylic acids is 2. The minimum Gasteiger partial charge on any atom is -0.382 e. The van der Waals surface area contributed by atoms with E-state index in [0.717, 1.165) is 0 Å². The summed E-state index contributed by atoms with van der Waals surface area (Å²) in [5, 5.41) is 14.6. The first kappa shape index (κ1) is 16.7. The van der Waals surface area contributed by atoms with Gasteiger partial charge in [0, 0.05) is 32.6 Å². The fraction of sp³-hybridized carbons (Fsp3) is 0.438. The smallest absolute Gasteiger partial charge is 0.225 e. The third kappa shape index (κ3) is 3.97. The molecule has 7 heteroatoms. The first-order valence-electron chi connectivity index (χ1n) is 7.54. The van der Waals surface area contributed by atoms with Crippen molar-refractivity contribution in [1.82, 2.24) is 10.2 Å². The normalized spacial score (nSPS) is 17.0. The predicted molar refractivity (Wildman–Crippen MR) is 83.0 cm³/mol. The van der Waals surface area contributed by atoms with Gasteiger partial charge in [0.25, 0.3) is 0 Å². The van der Waals surface area contributed by atoms with Gasteiger partial charge in [0.2, 0.25) is 11.8 Å². The van der Waals surface area contributed by atoms with E-state index in [1.165, 1.54) is 12.1 Å². The number of benzene rings is 1. The Hall–Kier alpha value is -2.62. The van der Waals surface area contributed by atoms with E-state index in [-0.39, 0.29) is 29.7 Å². The second kappa shape index (κ2) is 7.58. The Morgan fingerprint density at radius 3 is 2.91 bits per heavy atom. The summed E-state index contributed by atoms with van der Waals surface area (Å²) in [6.07, 6.45) is 0.246. The number of anilines is 1. The summed E-state index contributed by atoms with van der Waals surface area (Å²) in [6, 6.07) is 6.15. The Balaban J connectivity index is 1.78. The van der Waals surface area contributed by atoms with Crippen LogP contribution in [0, 0.1) is 23.1 Å². The first-order chi connectivity index (χ1) is 11.1. The minimum atomic E-state index is -0.578. The molecule has 0 unspecified atom stereocenters. The molecule has 0 aliphatic carbocycles. The Bertz CT molecular complexity index is 641. The average molecular weight is 318 g/mol. The lowest BCUT2D eigenvalue weighted by Gasteiger charge is -2.14. The van der Waals surface area contributed by atoms with E-state index < -0.39 is 5.82 Å². The third-order valence-electron chi connectivity index (χ3n) is 3.83. The lowest BCUT2D eigenvalue weighted by Crippen LogP contribution is -2.35. The van der Waals surface area contributed by atoms with Crippen LogP contribution >= 0.6 is 0 Å². The van der Waals surface area contributed by atoms with Gasteiger partial charge < -0.3 is 15.5 Å². The number of hydrogen-bond acceptors (Lipinski definition) is 4. The lowest BCUT2D eigenvalue weighted by molar-refractivity contribution is -0.128. The number of likely N-dealkylation sites (tertiary alicyclic amines) is 1. The summed E-state index contributed by atoms with van der Waals surface area (Å²) in [5.74, 6) is -1.04. The van der Waals surface area contributed by atoms with Crippen LogP contribution in [0.5, 0.6) is 0 Å². The molecular weight excluding hydrogens is 299 g/mol. The minimum absolute atomic E-state index is 0.00389. The van der Waals surface area contributed by atoms with Crippen LogP contribution in [0.25, 0.3) is 0 Å². The van der Waals surface area contributed by atoms with Crippen LogP contribution in [0.4, 0.5) is 10.1 Å². The summed E-state index contributed by atoms with van der Waals surface area (Å²) in [6.45, 7) is 3.64. The van der Waals surface area contributed by atoms with Crippen molar-refractivity contribution in [2.75, 3.05) is 31.5 Å². The summed E-state index contributed by atoms with van der Waals surface area (Å²) in [7, 11) is 0. The number of amides is 2. The number of nitrogens with one attached hydrogen (secondary N) is 2. The van der Waals surface area contributed by atoms with E-state index in [1.54, 1.807) is 17.0 Å². The van der Waals surface area contributed by atoms with Gasteiger partial charge in [0.15, 0.2) is 0 Å². The van der Waals surface area contributed by atoms with Gasteiger partial charge in [0.1, 0.15) is 17.4 Å². The zero-order valence-corrected chi connectivity index (χ0v) is 12.9. The molecule has 1 heterocycles. The van der Waals surface area contributed by atoms with Crippen molar-refractivity contribution >= 4 is 17.5 Å². The van der Waals surface area contributed by atoms with Crippen LogP contribution < -0.4 is 10.6 Å². The molecule has 23 heavy (non-hydrogen) atoms. The van der Waals surface area contributed by atoms with Gasteiger partial charge in [-0.3, -0.25) is 9.59 Å². The third-order valence-corrected chi connectivity index (χ3v) is 3.83. The monoisotopic (exact) mass is 318 g/mol. The quantitative estimate of drug-likeness (QED) is 0.769. The Kier molecular flexibility index (Phi) is 5.52. The average Bonchev–Trinajstić information content (AvgIpc) is 2.92. The van der Waals surface area contributed by atoms with Gasteiger partial charge in [-0.2, -0.15) is 5.26 Å². The number of nitrogens with zero attached hydrogens (tertiary/aromatic N) is 2. The van der Waals surface area contributed by atoms with Crippen molar-refractivity contribution in [2.45, 2.75) is 13.3 Å². The fourth-order valence-electron chi connectivity index (χ4n) is 2.57. The van der Waals surface area contributed by atoms with Crippen molar-refractivity contribution in [3.8, 4) is 6.07 Å². The molecule has 1 aliphatic rings. The van der Waals surface area contributed by atoms with Gasteiger partial charge in [-0.15, -0.1) is 0 Å². The van der Waals surface area contributed by atoms with Gasteiger partial charge in [-0.05, 0) is 19.1 Å². The highest BCUT2D eigenvalue weighted by molar-refractivity contribution is 5.89. The Morgan fingerprint density at radius 1 is 1.48 bits per heavy atom. The van der Waals surface area contributed by atoms with E-state index in [9.17, 15) is 14.0 Å². The zero-order chi connectivity index (χ0) is 16.8. The van der Waals surface area contributed by atoms with Gasteiger partial charge in [-0.25, -0.2) is 4.39 Å². The fourth-order valence-corrected chi connectivity index (χ4v) is 2.57. The second-order valence-electron chi connectivity index (χ2n) is 5.33. The molecule has 2 rings (SSSR count). The standard InChI is InChI=1S/C16H19FN4O2/c1-2-21-10-11(8-15(21)22)16(23)20-7-6-19-14-5-3-4-13(17)12(14)9-18/h3-5,11,19H,2,6-8,10H2,1H3,(H,20,23)/t11-/m0/s1. The molecule has 1 aromatic carbocycles. The maximum Gasteiger partial charge on any atom is 0.225 e. The molecule has 0 radical (unpaired) electrons. The molecule has 2 N–H and O–H groups in total. The number of carbonyl (C=O) groups is 2. The highest BCUT2D eigenvalue weighted by Gasteiger charge is 2.32. The van der Waals surface area contributed by atoms with Gasteiger partial charge >= 0.3 is 0 Å². The number of rotatable bonds is 6. The van der Waals surface area contributed by atoms with Gasteiger partial charge in [-0.1, -0.05) is 6.07 Å². The van der Waals surface area contributed by atoms with Crippen LogP contribution in [0.3, 0.4) is 0 Å². The summed E-state index contributed by atoms with van der Waals surface area (Å²) in [4.78, 5) is 25.3. The molecule has 0 bridgehead atoms. The Labute approximate surface area is 134 Å². The number of halogens is 1. The second-order valence-corrected chi connectivity index (χ2v) is 5.33. The van der Waals surface area contributed by atoms with Crippen LogP contribution in [0.1, 0.15) is 18.9 Å². The molecule has 2 amide bonds. The molecule has 0 saturated carbocycles. The van der Waals surface area contributed by atoms with Crippen LogP contribution in [-0.2, 0) is 9.59 Å². The van der Waals surface area contributed by atoms with Crippen molar-refractivity contribution < 1.29 is 14.0 Å². The molecule has 0 spiro atoms. The molecule has 6 nitrogen and oxygen atoms in total. The maximum atomic E-state index is 13.4. The molecule has 1 aliphatic heterocycles. The first-order valence-corrected chi connectivity index (χ1v) is 7.54. The number of hydrogen-bond donors (Lipinski definition) is 2. The summed E-state index contributed by atoms with van der Waals surface area (Å²) in [5.41, 5.74) is 0.355. The molecule has 0 aromatic heterocycles. The molecule has 122 valence electrons. The van der Waals surface area contributed by atoms with E-state index in [2.05, 4.69) is 10.6 Å². The molecular formula is C16H19FN4O2. The summed E-state index contributed by atoms with van der Waals surface area (Å²) >= 11 is 0. The topological polar surface area (TPSA) is 85.2 Å². The molecule has 1 aromatic rings. The predicted octanol–water partition coefficient (Wildman–Crippen LogP) is 1.09. The maximum absolute atomic E-state index is 13.4. The van der Waals surface area contributed by atoms with Crippen LogP contribution in [0.2, 0.25) is 0 Å². The Morgan fingerprint density at radius 2 is 2.26 bits per heavy atom. The van der Waals surface area contributed by atoms with Gasteiger partial charge in [0.05, 0.1) is 11.6 Å². The van der Waals surface area contributed by atoms with Crippen molar-refractivity contribution in [2.24, 2.45) is 5.92 Å².